The van der Waals surface area contributed by atoms with Crippen molar-refractivity contribution in [2.45, 2.75) is 31.7 Å². The number of hydrogen-bond acceptors (Lipinski definition) is 6. The van der Waals surface area contributed by atoms with Gasteiger partial charge in [-0.2, -0.15) is 0 Å². The Hall–Kier alpha value is -3.62. The first-order valence-electron chi connectivity index (χ1n) is 10.3. The summed E-state index contributed by atoms with van der Waals surface area (Å²) in [4.78, 5) is 36.2. The van der Waals surface area contributed by atoms with Crippen molar-refractivity contribution in [2.75, 3.05) is 25.6 Å². The van der Waals surface area contributed by atoms with E-state index >= 15 is 0 Å². The summed E-state index contributed by atoms with van der Waals surface area (Å²) in [5.74, 6) is -1.39. The minimum absolute atomic E-state index is 0.151. The molecule has 0 aromatic heterocycles. The Morgan fingerprint density at radius 3 is 2.38 bits per heavy atom. The van der Waals surface area contributed by atoms with Gasteiger partial charge >= 0.3 is 5.97 Å². The van der Waals surface area contributed by atoms with Crippen LogP contribution in [0.4, 0.5) is 10.1 Å². The number of anilines is 1. The van der Waals surface area contributed by atoms with Crippen molar-refractivity contribution >= 4 is 23.5 Å². The maximum Gasteiger partial charge on any atom is 0.338 e. The molecule has 1 fully saturated rings. The predicted molar refractivity (Wildman–Crippen MR) is 114 cm³/mol. The Morgan fingerprint density at radius 2 is 1.69 bits per heavy atom. The molecule has 3 rings (SSSR count). The van der Waals surface area contributed by atoms with Crippen molar-refractivity contribution in [3.63, 3.8) is 0 Å². The minimum atomic E-state index is -0.675. The molecule has 8 nitrogen and oxygen atoms in total. The third-order valence-electron chi connectivity index (χ3n) is 4.94. The molecule has 9 heteroatoms. The average Bonchev–Trinajstić information content (AvgIpc) is 3.30. The Morgan fingerprint density at radius 1 is 0.969 bits per heavy atom. The van der Waals surface area contributed by atoms with E-state index in [-0.39, 0.29) is 42.2 Å². The van der Waals surface area contributed by atoms with Gasteiger partial charge in [0.2, 0.25) is 0 Å². The number of rotatable bonds is 9. The average molecular weight is 444 g/mol. The number of hydrogen-bond donors (Lipinski definition) is 2. The quantitative estimate of drug-likeness (QED) is 0.577. The number of benzene rings is 2. The number of halogens is 1. The van der Waals surface area contributed by atoms with Crippen molar-refractivity contribution in [2.24, 2.45) is 0 Å². The van der Waals surface area contributed by atoms with Crippen LogP contribution in [-0.2, 0) is 14.3 Å². The molecule has 170 valence electrons. The van der Waals surface area contributed by atoms with E-state index < -0.39 is 17.7 Å². The number of ether oxygens (including phenoxy) is 3. The number of nitrogens with one attached hydrogen (secondary N) is 2. The van der Waals surface area contributed by atoms with Crippen molar-refractivity contribution in [3.05, 3.63) is 53.8 Å². The van der Waals surface area contributed by atoms with Crippen LogP contribution >= 0.6 is 0 Å². The van der Waals surface area contributed by atoms with Crippen LogP contribution in [0.1, 0.15) is 36.0 Å². The van der Waals surface area contributed by atoms with Crippen molar-refractivity contribution in [1.29, 1.82) is 0 Å². The topological polar surface area (TPSA) is 103 Å². The number of amides is 2. The van der Waals surface area contributed by atoms with E-state index in [0.717, 1.165) is 25.7 Å². The van der Waals surface area contributed by atoms with Gasteiger partial charge < -0.3 is 24.8 Å². The van der Waals surface area contributed by atoms with Crippen LogP contribution in [0.15, 0.2) is 42.5 Å². The molecule has 0 bridgehead atoms. The molecule has 1 saturated carbocycles. The minimum Gasteiger partial charge on any atom is -0.493 e. The second-order valence-electron chi connectivity index (χ2n) is 7.33. The maximum atomic E-state index is 12.9. The lowest BCUT2D eigenvalue weighted by atomic mass is 10.2. The van der Waals surface area contributed by atoms with Crippen LogP contribution in [0.5, 0.6) is 11.5 Å². The van der Waals surface area contributed by atoms with Crippen molar-refractivity contribution < 1.29 is 33.0 Å². The van der Waals surface area contributed by atoms with Gasteiger partial charge in [-0.05, 0) is 55.3 Å². The zero-order valence-corrected chi connectivity index (χ0v) is 17.7. The first-order chi connectivity index (χ1) is 15.4. The maximum absolute atomic E-state index is 12.9. The highest BCUT2D eigenvalue weighted by Gasteiger charge is 2.19. The largest absolute Gasteiger partial charge is 0.493 e. The number of carbonyl (C=O) groups is 3. The zero-order chi connectivity index (χ0) is 22.9. The van der Waals surface area contributed by atoms with Crippen LogP contribution in [0.25, 0.3) is 0 Å². The fourth-order valence-electron chi connectivity index (χ4n) is 3.34. The van der Waals surface area contributed by atoms with Gasteiger partial charge in [-0.3, -0.25) is 9.59 Å². The molecule has 0 saturated heterocycles. The molecule has 2 amide bonds. The predicted octanol–water partition coefficient (Wildman–Crippen LogP) is 3.07. The molecular formula is C23H25FN2O6. The molecule has 0 aliphatic heterocycles. The molecule has 0 unspecified atom stereocenters. The van der Waals surface area contributed by atoms with E-state index in [1.165, 1.54) is 49.6 Å². The smallest absolute Gasteiger partial charge is 0.338 e. The lowest BCUT2D eigenvalue weighted by Crippen LogP contribution is -2.35. The SMILES string of the molecule is COc1cc(C(=O)OCC(=O)NC2CCCC2)ccc1OCC(=O)Nc1ccc(F)cc1. The molecule has 2 aromatic rings. The summed E-state index contributed by atoms with van der Waals surface area (Å²) >= 11 is 0. The Labute approximate surface area is 185 Å². The lowest BCUT2D eigenvalue weighted by molar-refractivity contribution is -0.125. The highest BCUT2D eigenvalue weighted by molar-refractivity contribution is 5.93. The second-order valence-corrected chi connectivity index (χ2v) is 7.33. The summed E-state index contributed by atoms with van der Waals surface area (Å²) in [5.41, 5.74) is 0.612. The zero-order valence-electron chi connectivity index (χ0n) is 17.7. The Kier molecular flexibility index (Phi) is 8.02. The standard InChI is InChI=1S/C23H25FN2O6/c1-30-20-12-15(23(29)32-14-22(28)25-17-4-2-3-5-17)6-11-19(20)31-13-21(27)26-18-9-7-16(24)8-10-18/h6-12,17H,2-5,13-14H2,1H3,(H,25,28)(H,26,27). The fourth-order valence-corrected chi connectivity index (χ4v) is 3.34. The summed E-state index contributed by atoms with van der Waals surface area (Å²) in [7, 11) is 1.39. The summed E-state index contributed by atoms with van der Waals surface area (Å²) in [6.07, 6.45) is 4.07. The molecule has 0 heterocycles. The number of esters is 1. The van der Waals surface area contributed by atoms with Crippen LogP contribution in [-0.4, -0.2) is 44.1 Å². The highest BCUT2D eigenvalue weighted by Crippen LogP contribution is 2.28. The summed E-state index contributed by atoms with van der Waals surface area (Å²) in [6.45, 7) is -0.682. The Bertz CT molecular complexity index is 957. The van der Waals surface area contributed by atoms with Crippen LogP contribution in [0.3, 0.4) is 0 Å². The van der Waals surface area contributed by atoms with Gasteiger partial charge in [0.25, 0.3) is 11.8 Å². The van der Waals surface area contributed by atoms with Gasteiger partial charge in [0.15, 0.2) is 24.7 Å². The molecule has 0 atom stereocenters. The highest BCUT2D eigenvalue weighted by atomic mass is 19.1. The van der Waals surface area contributed by atoms with E-state index in [0.29, 0.717) is 5.69 Å². The van der Waals surface area contributed by atoms with E-state index in [4.69, 9.17) is 14.2 Å². The molecule has 1 aliphatic carbocycles. The Balaban J connectivity index is 1.50. The molecular weight excluding hydrogens is 419 g/mol. The van der Waals surface area contributed by atoms with Gasteiger partial charge in [-0.15, -0.1) is 0 Å². The van der Waals surface area contributed by atoms with E-state index in [2.05, 4.69) is 10.6 Å². The van der Waals surface area contributed by atoms with Gasteiger partial charge in [-0.1, -0.05) is 12.8 Å². The van der Waals surface area contributed by atoms with Crippen LogP contribution in [0.2, 0.25) is 0 Å². The molecule has 1 aliphatic rings. The second kappa shape index (κ2) is 11.1. The van der Waals surface area contributed by atoms with E-state index in [9.17, 15) is 18.8 Å². The van der Waals surface area contributed by atoms with Crippen LogP contribution < -0.4 is 20.1 Å². The normalized spacial score (nSPS) is 13.3. The third-order valence-corrected chi connectivity index (χ3v) is 4.94. The van der Waals surface area contributed by atoms with Gasteiger partial charge in [-0.25, -0.2) is 9.18 Å². The molecule has 0 radical (unpaired) electrons. The number of methoxy groups -OCH3 is 1. The summed E-state index contributed by atoms with van der Waals surface area (Å²) < 4.78 is 28.7. The summed E-state index contributed by atoms with van der Waals surface area (Å²) in [5, 5.41) is 5.42. The first-order valence-corrected chi connectivity index (χ1v) is 10.3. The first kappa shape index (κ1) is 23.1. The fraction of sp³-hybridized carbons (Fsp3) is 0.348. The van der Waals surface area contributed by atoms with Gasteiger partial charge in [0, 0.05) is 11.7 Å². The molecule has 0 spiro atoms. The van der Waals surface area contributed by atoms with E-state index in [1.54, 1.807) is 0 Å². The van der Waals surface area contributed by atoms with Crippen molar-refractivity contribution in [1.82, 2.24) is 5.32 Å². The van der Waals surface area contributed by atoms with E-state index in [1.807, 2.05) is 0 Å². The molecule has 2 N–H and O–H groups in total. The summed E-state index contributed by atoms with van der Waals surface area (Å²) in [6, 6.07) is 9.81. The van der Waals surface area contributed by atoms with Crippen molar-refractivity contribution in [3.8, 4) is 11.5 Å². The number of carbonyl (C=O) groups excluding carboxylic acids is 3. The molecule has 2 aromatic carbocycles. The third kappa shape index (κ3) is 6.69. The molecule has 32 heavy (non-hydrogen) atoms. The van der Waals surface area contributed by atoms with Crippen LogP contribution in [0, 0.1) is 5.82 Å². The lowest BCUT2D eigenvalue weighted by Gasteiger charge is -2.13. The van der Waals surface area contributed by atoms with Gasteiger partial charge in [0.1, 0.15) is 5.82 Å². The monoisotopic (exact) mass is 444 g/mol. The van der Waals surface area contributed by atoms with Gasteiger partial charge in [0.05, 0.1) is 12.7 Å².